The molecule has 0 N–H and O–H groups in total. The Morgan fingerprint density at radius 2 is 3.00 bits per heavy atom. The van der Waals surface area contributed by atoms with Crippen LogP contribution in [0, 0.1) is 24.7 Å². The summed E-state index contributed by atoms with van der Waals surface area (Å²) in [5.74, 6) is 3.66. The summed E-state index contributed by atoms with van der Waals surface area (Å²) in [4.78, 5) is 0. The molecule has 0 bridgehead atoms. The van der Waals surface area contributed by atoms with Crippen molar-refractivity contribution >= 4 is 0 Å². The second kappa shape index (κ2) is 2.12. The Morgan fingerprint density at radius 3 is 3.00 bits per heavy atom. The highest BCUT2D eigenvalue weighted by Crippen LogP contribution is 1.27. The summed E-state index contributed by atoms with van der Waals surface area (Å²) in [6, 6.07) is 0. The highest BCUT2D eigenvalue weighted by atomic mass is 13.3. The molecule has 0 unspecified atom stereocenters. The summed E-state index contributed by atoms with van der Waals surface area (Å²) < 4.78 is 6.06. The molecular formula is C4H. The van der Waals surface area contributed by atoms with Gasteiger partial charge in [0.15, 0.2) is 0 Å². The predicted molar refractivity (Wildman–Crippen MR) is 16.0 cm³/mol. The Balaban J connectivity index is 3.30. The van der Waals surface area contributed by atoms with Crippen LogP contribution in [0.3, 0.4) is 0 Å². The average Bonchev–Trinajstić information content (AvgIpc) is 1.41. The van der Waals surface area contributed by atoms with Gasteiger partial charge in [-0.15, -0.1) is 6.40 Å². The van der Waals surface area contributed by atoms with Crippen LogP contribution in [-0.4, -0.2) is 0 Å². The van der Waals surface area contributed by atoms with Gasteiger partial charge in [0.05, 0.1) is 0 Å². The van der Waals surface area contributed by atoms with Crippen LogP contribution in [-0.2, 0) is 0 Å². The first-order valence-electron chi connectivity index (χ1n) is 1.25. The molecule has 0 aromatic carbocycles. The van der Waals surface area contributed by atoms with Crippen LogP contribution in [0.15, 0.2) is 0 Å². The molecule has 1 radical (unpaired) electrons. The summed E-state index contributed by atoms with van der Waals surface area (Å²) in [5.41, 5.74) is 0. The van der Waals surface area contributed by atoms with Gasteiger partial charge in [-0.1, -0.05) is 0 Å². The van der Waals surface area contributed by atoms with E-state index in [1.165, 1.54) is 0 Å². The highest BCUT2D eigenvalue weighted by Gasteiger charge is 1.25. The van der Waals surface area contributed by atoms with Crippen molar-refractivity contribution in [2.24, 2.45) is 0 Å². The van der Waals surface area contributed by atoms with Gasteiger partial charge in [-0.3, -0.25) is 0 Å². The SMILES string of the molecule is [2H]C#CC#[C]. The number of hydrogen-bond donors (Lipinski definition) is 0. The maximum atomic E-state index is 6.06. The van der Waals surface area contributed by atoms with E-state index in [-0.39, 0.29) is 0 Å². The lowest BCUT2D eigenvalue weighted by Gasteiger charge is -1.28. The largest absolute Gasteiger partial charge is 0.125 e. The molecule has 0 amide bonds. The Hall–Kier alpha value is -0.880. The van der Waals surface area contributed by atoms with Crippen LogP contribution < -0.4 is 0 Å². The van der Waals surface area contributed by atoms with Crippen LogP contribution in [0.4, 0.5) is 0 Å². The van der Waals surface area contributed by atoms with Crippen molar-refractivity contribution in [3.8, 4) is 18.2 Å². The lowest BCUT2D eigenvalue weighted by atomic mass is 10.7. The van der Waals surface area contributed by atoms with E-state index >= 15 is 0 Å². The molecule has 0 saturated heterocycles. The fourth-order valence-electron chi connectivity index (χ4n) is 0. The fraction of sp³-hybridized carbons (Fsp3) is 0. The van der Waals surface area contributed by atoms with Gasteiger partial charge >= 0.3 is 0 Å². The maximum absolute atomic E-state index is 6.06. The Bertz CT molecular complexity index is 97.0. The standard InChI is InChI=1S/C4H/c1-3-4-2/h1H/i1D. The third kappa shape index (κ3) is 1.12. The van der Waals surface area contributed by atoms with Crippen molar-refractivity contribution in [1.82, 2.24) is 0 Å². The van der Waals surface area contributed by atoms with E-state index in [1.54, 1.807) is 12.3 Å². The Kier molecular flexibility index (Phi) is 0.763. The molecule has 0 aliphatic carbocycles. The zero-order valence-electron chi connectivity index (χ0n) is 3.00. The second-order valence-electron chi connectivity index (χ2n) is 0.250. The monoisotopic (exact) mass is 50.0 g/mol. The third-order valence-corrected chi connectivity index (χ3v) is 0.0625. The van der Waals surface area contributed by atoms with E-state index in [2.05, 4.69) is 0 Å². The Labute approximate surface area is 27.2 Å². The smallest absolute Gasteiger partial charge is 0.106 e. The quantitative estimate of drug-likeness (QED) is 0.344. The van der Waals surface area contributed by atoms with Gasteiger partial charge < -0.3 is 0 Å². The molecule has 0 aliphatic heterocycles. The number of hydrogen-bond acceptors (Lipinski definition) is 0. The molecule has 17 valence electrons. The minimum atomic E-state index is 1.72. The molecule has 0 atom stereocenters. The van der Waals surface area contributed by atoms with Gasteiger partial charge in [0.1, 0.15) is 1.37 Å². The first-order chi connectivity index (χ1) is 2.41. The minimum absolute atomic E-state index is 1.72. The molecule has 0 aromatic heterocycles. The normalized spacial score (nSPS) is 4.25. The van der Waals surface area contributed by atoms with Crippen molar-refractivity contribution in [3.05, 3.63) is 6.42 Å². The first kappa shape index (κ1) is 1.44. The third-order valence-electron chi connectivity index (χ3n) is 0.0625. The van der Waals surface area contributed by atoms with Crippen molar-refractivity contribution < 1.29 is 1.37 Å². The van der Waals surface area contributed by atoms with E-state index in [0.29, 0.717) is 0 Å². The van der Waals surface area contributed by atoms with Crippen molar-refractivity contribution in [3.63, 3.8) is 0 Å². The van der Waals surface area contributed by atoms with Crippen LogP contribution in [0.1, 0.15) is 1.37 Å². The fourth-order valence-corrected chi connectivity index (χ4v) is 0. The highest BCUT2D eigenvalue weighted by molar-refractivity contribution is 5.11. The molecule has 0 heterocycles. The van der Waals surface area contributed by atoms with E-state index in [0.717, 1.165) is 0 Å². The number of rotatable bonds is 0. The zero-order chi connectivity index (χ0) is 4.12. The van der Waals surface area contributed by atoms with Gasteiger partial charge in [0.2, 0.25) is 0 Å². The molecule has 0 fully saturated rings. The van der Waals surface area contributed by atoms with Crippen LogP contribution >= 0.6 is 0 Å². The lowest BCUT2D eigenvalue weighted by Crippen LogP contribution is -1.25. The topological polar surface area (TPSA) is 0 Å². The zero-order valence-corrected chi connectivity index (χ0v) is 2.00. The van der Waals surface area contributed by atoms with E-state index in [4.69, 9.17) is 7.79 Å². The minimum Gasteiger partial charge on any atom is -0.106 e. The molecule has 0 heteroatoms. The van der Waals surface area contributed by atoms with Crippen LogP contribution in [0.25, 0.3) is 0 Å². The first-order valence-corrected chi connectivity index (χ1v) is 0.750. The molecular weight excluding hydrogens is 48.0 g/mol. The summed E-state index contributed by atoms with van der Waals surface area (Å²) in [6.07, 6.45) is 7.78. The summed E-state index contributed by atoms with van der Waals surface area (Å²) in [6.45, 7) is 0. The molecule has 0 saturated carbocycles. The molecule has 0 spiro atoms. The molecule has 0 aromatic rings. The summed E-state index contributed by atoms with van der Waals surface area (Å²) in [5, 5.41) is 0. The Morgan fingerprint density at radius 1 is 2.25 bits per heavy atom. The van der Waals surface area contributed by atoms with Gasteiger partial charge in [-0.2, -0.15) is 0 Å². The van der Waals surface area contributed by atoms with E-state index < -0.39 is 0 Å². The van der Waals surface area contributed by atoms with Gasteiger partial charge in [0.25, 0.3) is 0 Å². The van der Waals surface area contributed by atoms with Crippen molar-refractivity contribution in [2.75, 3.05) is 0 Å². The van der Waals surface area contributed by atoms with Gasteiger partial charge in [-0.25, -0.2) is 0 Å². The van der Waals surface area contributed by atoms with Crippen molar-refractivity contribution in [1.29, 1.82) is 0 Å². The maximum Gasteiger partial charge on any atom is 0.125 e. The lowest BCUT2D eigenvalue weighted by molar-refractivity contribution is 2.53. The van der Waals surface area contributed by atoms with Crippen molar-refractivity contribution in [2.45, 2.75) is 0 Å². The molecule has 0 aliphatic rings. The van der Waals surface area contributed by atoms with Crippen LogP contribution in [0.2, 0.25) is 0 Å². The van der Waals surface area contributed by atoms with Gasteiger partial charge in [-0.05, 0) is 18.3 Å². The van der Waals surface area contributed by atoms with Crippen LogP contribution in [0.5, 0.6) is 0 Å². The molecule has 4 heavy (non-hydrogen) atoms. The molecule has 0 nitrogen and oxygen atoms in total. The predicted octanol–water partition coefficient (Wildman–Crippen LogP) is 0.209. The summed E-state index contributed by atoms with van der Waals surface area (Å²) >= 11 is 0. The van der Waals surface area contributed by atoms with Gasteiger partial charge in [0, 0.05) is 0 Å². The van der Waals surface area contributed by atoms with E-state index in [9.17, 15) is 0 Å². The van der Waals surface area contributed by atoms with E-state index in [1.807, 2.05) is 5.92 Å². The summed E-state index contributed by atoms with van der Waals surface area (Å²) in [7, 11) is 0. The number of terminal acetylenes is 1. The molecule has 0 rings (SSSR count). The second-order valence-corrected chi connectivity index (χ2v) is 0.250. The average molecular weight is 50.1 g/mol.